The van der Waals surface area contributed by atoms with Gasteiger partial charge in [-0.05, 0) is 37.1 Å². The Bertz CT molecular complexity index is 945. The predicted octanol–water partition coefficient (Wildman–Crippen LogP) is 2.01. The predicted molar refractivity (Wildman–Crippen MR) is 100.0 cm³/mol. The summed E-state index contributed by atoms with van der Waals surface area (Å²) in [5.74, 6) is -3.25. The van der Waals surface area contributed by atoms with Gasteiger partial charge in [0.25, 0.3) is 5.56 Å². The summed E-state index contributed by atoms with van der Waals surface area (Å²) in [7, 11) is 0. The molecule has 8 heteroatoms. The van der Waals surface area contributed by atoms with Crippen LogP contribution in [0.5, 0.6) is 0 Å². The number of aromatic carboxylic acids is 2. The minimum atomic E-state index is -1.50. The van der Waals surface area contributed by atoms with Crippen LogP contribution in [0.15, 0.2) is 29.1 Å². The molecule has 8 nitrogen and oxygen atoms in total. The number of hydrogen-bond acceptors (Lipinski definition) is 5. The number of hydrogen-bond donors (Lipinski definition) is 4. The molecular formula is C19H21N3O5. The van der Waals surface area contributed by atoms with Crippen LogP contribution >= 0.6 is 0 Å². The molecule has 2 heterocycles. The van der Waals surface area contributed by atoms with E-state index in [1.807, 2.05) is 6.07 Å². The molecule has 0 saturated carbocycles. The zero-order valence-electron chi connectivity index (χ0n) is 14.7. The van der Waals surface area contributed by atoms with Gasteiger partial charge in [-0.1, -0.05) is 30.7 Å². The highest BCUT2D eigenvalue weighted by molar-refractivity contribution is 6.07. The smallest absolute Gasteiger partial charge is 0.342 e. The van der Waals surface area contributed by atoms with Gasteiger partial charge >= 0.3 is 11.9 Å². The van der Waals surface area contributed by atoms with E-state index in [1.165, 1.54) is 6.42 Å². The average Bonchev–Trinajstić information content (AvgIpc) is 2.61. The molecule has 0 atom stereocenters. The number of carboxylic acids is 2. The molecule has 1 fully saturated rings. The van der Waals surface area contributed by atoms with E-state index >= 15 is 0 Å². The van der Waals surface area contributed by atoms with Gasteiger partial charge in [-0.15, -0.1) is 0 Å². The molecule has 0 unspecified atom stereocenters. The highest BCUT2D eigenvalue weighted by atomic mass is 16.4. The number of aromatic nitrogens is 1. The molecule has 2 aromatic rings. The van der Waals surface area contributed by atoms with Crippen molar-refractivity contribution in [3.05, 3.63) is 51.3 Å². The van der Waals surface area contributed by atoms with E-state index in [9.17, 15) is 24.6 Å². The summed E-state index contributed by atoms with van der Waals surface area (Å²) in [6, 6.07) is 6.94. The quantitative estimate of drug-likeness (QED) is 0.631. The van der Waals surface area contributed by atoms with Crippen LogP contribution in [0.4, 0.5) is 5.82 Å². The maximum atomic E-state index is 12.2. The summed E-state index contributed by atoms with van der Waals surface area (Å²) in [5, 5.41) is 19.2. The molecule has 0 spiro atoms. The summed E-state index contributed by atoms with van der Waals surface area (Å²) in [6.45, 7) is 2.38. The van der Waals surface area contributed by atoms with Crippen LogP contribution in [0.1, 0.15) is 45.5 Å². The molecule has 1 aromatic carbocycles. The molecule has 0 radical (unpaired) electrons. The molecule has 1 aromatic heterocycles. The lowest BCUT2D eigenvalue weighted by atomic mass is 9.91. The highest BCUT2D eigenvalue weighted by Crippen LogP contribution is 2.32. The van der Waals surface area contributed by atoms with Crippen molar-refractivity contribution >= 4 is 17.8 Å². The lowest BCUT2D eigenvalue weighted by molar-refractivity contribution is 0.0695. The van der Waals surface area contributed by atoms with Gasteiger partial charge in [0.15, 0.2) is 0 Å². The van der Waals surface area contributed by atoms with Gasteiger partial charge in [0, 0.05) is 12.1 Å². The number of aromatic amines is 1. The fraction of sp³-hybridized carbons (Fsp3) is 0.316. The van der Waals surface area contributed by atoms with E-state index in [4.69, 9.17) is 5.73 Å². The molecule has 0 amide bonds. The Kier molecular flexibility index (Phi) is 5.27. The monoisotopic (exact) mass is 371 g/mol. The average molecular weight is 371 g/mol. The Hall–Kier alpha value is -3.13. The van der Waals surface area contributed by atoms with E-state index < -0.39 is 28.6 Å². The van der Waals surface area contributed by atoms with Crippen LogP contribution in [-0.4, -0.2) is 45.1 Å². The number of nitrogen functional groups attached to an aromatic ring is 1. The topological polar surface area (TPSA) is 137 Å². The summed E-state index contributed by atoms with van der Waals surface area (Å²) < 4.78 is 0. The first-order valence-electron chi connectivity index (χ1n) is 8.73. The first-order chi connectivity index (χ1) is 12.9. The van der Waals surface area contributed by atoms with Crippen LogP contribution in [0.2, 0.25) is 0 Å². The van der Waals surface area contributed by atoms with Crippen molar-refractivity contribution in [2.75, 3.05) is 18.8 Å². The molecular weight excluding hydrogens is 350 g/mol. The number of carboxylic acid groups (broad SMARTS) is 2. The normalized spacial score (nSPS) is 14.8. The number of likely N-dealkylation sites (tertiary alicyclic amines) is 1. The molecule has 3 rings (SSSR count). The summed E-state index contributed by atoms with van der Waals surface area (Å²) in [4.78, 5) is 40.1. The van der Waals surface area contributed by atoms with Crippen molar-refractivity contribution in [1.29, 1.82) is 0 Å². The number of benzene rings is 1. The molecule has 1 aliphatic rings. The van der Waals surface area contributed by atoms with Crippen LogP contribution in [0.25, 0.3) is 11.1 Å². The fourth-order valence-corrected chi connectivity index (χ4v) is 3.58. The van der Waals surface area contributed by atoms with Crippen molar-refractivity contribution in [3.8, 4) is 11.1 Å². The molecule has 0 bridgehead atoms. The van der Waals surface area contributed by atoms with Crippen LogP contribution < -0.4 is 11.3 Å². The van der Waals surface area contributed by atoms with Crippen molar-refractivity contribution in [2.24, 2.45) is 0 Å². The number of nitrogens with one attached hydrogen (secondary N) is 1. The first kappa shape index (κ1) is 18.7. The van der Waals surface area contributed by atoms with Gasteiger partial charge in [-0.3, -0.25) is 9.69 Å². The molecule has 0 aliphatic carbocycles. The van der Waals surface area contributed by atoms with Crippen LogP contribution in [-0.2, 0) is 6.54 Å². The van der Waals surface area contributed by atoms with Gasteiger partial charge < -0.3 is 20.9 Å². The number of anilines is 1. The molecule has 27 heavy (non-hydrogen) atoms. The van der Waals surface area contributed by atoms with Gasteiger partial charge in [0.1, 0.15) is 16.9 Å². The maximum Gasteiger partial charge on any atom is 0.342 e. The highest BCUT2D eigenvalue weighted by Gasteiger charge is 2.28. The van der Waals surface area contributed by atoms with E-state index in [-0.39, 0.29) is 11.4 Å². The molecule has 1 saturated heterocycles. The fourth-order valence-electron chi connectivity index (χ4n) is 3.58. The van der Waals surface area contributed by atoms with E-state index in [0.29, 0.717) is 12.1 Å². The standard InChI is InChI=1S/C19H21N3O5/c20-16-14(18(24)25)13(15(19(26)27)17(23)21-16)12-7-3-2-6-11(12)10-22-8-4-1-5-9-22/h2-3,6-7H,1,4-5,8-10H2,(H,24,25)(H,26,27)(H3,20,21,23). The van der Waals surface area contributed by atoms with E-state index in [1.54, 1.807) is 18.2 Å². The summed E-state index contributed by atoms with van der Waals surface area (Å²) in [6.07, 6.45) is 3.34. The van der Waals surface area contributed by atoms with Gasteiger partial charge in [-0.25, -0.2) is 9.59 Å². The van der Waals surface area contributed by atoms with Crippen molar-refractivity contribution < 1.29 is 19.8 Å². The Balaban J connectivity index is 2.23. The lowest BCUT2D eigenvalue weighted by Gasteiger charge is -2.27. The lowest BCUT2D eigenvalue weighted by Crippen LogP contribution is -2.29. The molecule has 5 N–H and O–H groups in total. The van der Waals surface area contributed by atoms with Gasteiger partial charge in [0.05, 0.1) is 0 Å². The Morgan fingerprint density at radius 1 is 1.04 bits per heavy atom. The Labute approximate surface area is 155 Å². The molecule has 142 valence electrons. The van der Waals surface area contributed by atoms with Gasteiger partial charge in [-0.2, -0.15) is 0 Å². The minimum absolute atomic E-state index is 0.149. The minimum Gasteiger partial charge on any atom is -0.478 e. The second kappa shape index (κ2) is 7.63. The number of rotatable bonds is 5. The molecule has 1 aliphatic heterocycles. The van der Waals surface area contributed by atoms with E-state index in [0.717, 1.165) is 31.5 Å². The number of H-pyrrole nitrogens is 1. The van der Waals surface area contributed by atoms with Gasteiger partial charge in [0.2, 0.25) is 0 Å². The zero-order chi connectivity index (χ0) is 19.6. The summed E-state index contributed by atoms with van der Waals surface area (Å²) >= 11 is 0. The second-order valence-electron chi connectivity index (χ2n) is 6.60. The second-order valence-corrected chi connectivity index (χ2v) is 6.60. The van der Waals surface area contributed by atoms with Crippen LogP contribution in [0, 0.1) is 0 Å². The Morgan fingerprint density at radius 2 is 1.67 bits per heavy atom. The Morgan fingerprint density at radius 3 is 2.30 bits per heavy atom. The van der Waals surface area contributed by atoms with Crippen molar-refractivity contribution in [2.45, 2.75) is 25.8 Å². The first-order valence-corrected chi connectivity index (χ1v) is 8.73. The third-order valence-electron chi connectivity index (χ3n) is 4.80. The SMILES string of the molecule is Nc1[nH]c(=O)c(C(=O)O)c(-c2ccccc2CN2CCCCC2)c1C(=O)O. The number of nitrogens with zero attached hydrogens (tertiary/aromatic N) is 1. The van der Waals surface area contributed by atoms with Crippen molar-refractivity contribution in [3.63, 3.8) is 0 Å². The summed E-state index contributed by atoms with van der Waals surface area (Å²) in [5.41, 5.74) is 4.79. The van der Waals surface area contributed by atoms with E-state index in [2.05, 4.69) is 9.88 Å². The number of carbonyl (C=O) groups is 2. The third kappa shape index (κ3) is 3.70. The largest absolute Gasteiger partial charge is 0.478 e. The van der Waals surface area contributed by atoms with Crippen molar-refractivity contribution in [1.82, 2.24) is 9.88 Å². The number of nitrogens with two attached hydrogens (primary N) is 1. The number of piperidine rings is 1. The third-order valence-corrected chi connectivity index (χ3v) is 4.80. The maximum absolute atomic E-state index is 12.2. The number of pyridine rings is 1. The van der Waals surface area contributed by atoms with Crippen LogP contribution in [0.3, 0.4) is 0 Å². The zero-order valence-corrected chi connectivity index (χ0v) is 14.7.